The van der Waals surface area contributed by atoms with Crippen LogP contribution in [0.15, 0.2) is 77.4 Å². The molecule has 2 aromatic carbocycles. The highest BCUT2D eigenvalue weighted by atomic mass is 19.1. The molecule has 1 saturated carbocycles. The van der Waals surface area contributed by atoms with Gasteiger partial charge in [-0.05, 0) is 48.7 Å². The van der Waals surface area contributed by atoms with E-state index in [4.69, 9.17) is 4.42 Å². The van der Waals surface area contributed by atoms with Crippen molar-refractivity contribution in [3.05, 3.63) is 90.1 Å². The zero-order valence-electron chi connectivity index (χ0n) is 18.6. The number of halogens is 1. The van der Waals surface area contributed by atoms with E-state index in [9.17, 15) is 18.8 Å². The Kier molecular flexibility index (Phi) is 7.37. The van der Waals surface area contributed by atoms with Crippen LogP contribution in [0.2, 0.25) is 0 Å². The maximum absolute atomic E-state index is 14.2. The highest BCUT2D eigenvalue weighted by Crippen LogP contribution is 2.29. The summed E-state index contributed by atoms with van der Waals surface area (Å²) in [6.45, 7) is -0.407. The maximum Gasteiger partial charge on any atom is 0.287 e. The minimum atomic E-state index is -1.04. The van der Waals surface area contributed by atoms with Gasteiger partial charge in [0.1, 0.15) is 11.9 Å². The molecular formula is C26H26FN3O4. The maximum atomic E-state index is 14.2. The third kappa shape index (κ3) is 5.51. The van der Waals surface area contributed by atoms with E-state index >= 15 is 0 Å². The van der Waals surface area contributed by atoms with Gasteiger partial charge in [0, 0.05) is 11.7 Å². The number of rotatable bonds is 8. The molecular weight excluding hydrogens is 437 g/mol. The summed E-state index contributed by atoms with van der Waals surface area (Å²) in [6, 6.07) is 16.4. The molecule has 0 saturated heterocycles. The van der Waals surface area contributed by atoms with Crippen LogP contribution in [0.3, 0.4) is 0 Å². The second-order valence-corrected chi connectivity index (χ2v) is 8.21. The van der Waals surface area contributed by atoms with Crippen LogP contribution in [-0.2, 0) is 9.59 Å². The monoisotopic (exact) mass is 463 g/mol. The molecule has 4 rings (SSSR count). The van der Waals surface area contributed by atoms with Gasteiger partial charge in [-0.3, -0.25) is 19.3 Å². The number of hydrogen-bond donors (Lipinski definition) is 2. The molecule has 34 heavy (non-hydrogen) atoms. The van der Waals surface area contributed by atoms with E-state index in [1.165, 1.54) is 35.4 Å². The van der Waals surface area contributed by atoms with E-state index in [1.54, 1.807) is 36.4 Å². The van der Waals surface area contributed by atoms with Gasteiger partial charge in [-0.1, -0.05) is 49.2 Å². The van der Waals surface area contributed by atoms with Gasteiger partial charge in [-0.2, -0.15) is 0 Å². The molecule has 1 aliphatic carbocycles. The number of carbonyl (C=O) groups excluding carboxylic acids is 3. The fraction of sp³-hybridized carbons (Fsp3) is 0.269. The highest BCUT2D eigenvalue weighted by molar-refractivity contribution is 6.04. The molecule has 0 unspecified atom stereocenters. The Hall–Kier alpha value is -3.94. The number of hydrogen-bond acceptors (Lipinski definition) is 4. The fourth-order valence-corrected chi connectivity index (χ4v) is 4.20. The van der Waals surface area contributed by atoms with Crippen molar-refractivity contribution in [2.45, 2.75) is 37.8 Å². The average Bonchev–Trinajstić information content (AvgIpc) is 3.56. The van der Waals surface area contributed by atoms with E-state index in [0.29, 0.717) is 5.56 Å². The molecule has 2 N–H and O–H groups in total. The van der Waals surface area contributed by atoms with E-state index in [0.717, 1.165) is 25.7 Å². The number of anilines is 1. The molecule has 0 bridgehead atoms. The van der Waals surface area contributed by atoms with Gasteiger partial charge >= 0.3 is 0 Å². The topological polar surface area (TPSA) is 91.7 Å². The number of amides is 3. The van der Waals surface area contributed by atoms with Gasteiger partial charge in [0.2, 0.25) is 11.8 Å². The van der Waals surface area contributed by atoms with Crippen molar-refractivity contribution in [2.75, 3.05) is 11.4 Å². The first-order valence-electron chi connectivity index (χ1n) is 11.3. The summed E-state index contributed by atoms with van der Waals surface area (Å²) >= 11 is 0. The third-order valence-corrected chi connectivity index (χ3v) is 5.82. The molecule has 1 aromatic heterocycles. The summed E-state index contributed by atoms with van der Waals surface area (Å²) in [4.78, 5) is 40.5. The van der Waals surface area contributed by atoms with E-state index in [-0.39, 0.29) is 23.4 Å². The van der Waals surface area contributed by atoms with Crippen molar-refractivity contribution < 1.29 is 23.2 Å². The lowest BCUT2D eigenvalue weighted by atomic mass is 10.0. The highest BCUT2D eigenvalue weighted by Gasteiger charge is 2.34. The predicted molar refractivity (Wildman–Crippen MR) is 125 cm³/mol. The molecule has 0 radical (unpaired) electrons. The summed E-state index contributed by atoms with van der Waals surface area (Å²) in [5, 5.41) is 5.57. The van der Waals surface area contributed by atoms with Crippen LogP contribution >= 0.6 is 0 Å². The van der Waals surface area contributed by atoms with E-state index in [1.807, 2.05) is 6.07 Å². The normalized spacial score (nSPS) is 14.4. The van der Waals surface area contributed by atoms with Gasteiger partial charge in [0.15, 0.2) is 5.76 Å². The zero-order chi connectivity index (χ0) is 23.9. The lowest BCUT2D eigenvalue weighted by Crippen LogP contribution is -2.49. The summed E-state index contributed by atoms with van der Waals surface area (Å²) in [7, 11) is 0. The molecule has 1 fully saturated rings. The van der Waals surface area contributed by atoms with Gasteiger partial charge < -0.3 is 15.1 Å². The Morgan fingerprint density at radius 1 is 1.00 bits per heavy atom. The molecule has 3 aromatic rings. The van der Waals surface area contributed by atoms with Crippen LogP contribution in [0.5, 0.6) is 0 Å². The minimum absolute atomic E-state index is 0.0295. The fourth-order valence-electron chi connectivity index (χ4n) is 4.20. The molecule has 1 aliphatic rings. The van der Waals surface area contributed by atoms with Crippen molar-refractivity contribution in [2.24, 2.45) is 0 Å². The summed E-state index contributed by atoms with van der Waals surface area (Å²) in [5.74, 6) is -1.97. The first-order valence-corrected chi connectivity index (χ1v) is 11.3. The smallest absolute Gasteiger partial charge is 0.287 e. The summed E-state index contributed by atoms with van der Waals surface area (Å²) in [5.41, 5.74) is 0.792. The number of nitrogens with zero attached hydrogens (tertiary/aromatic N) is 1. The SMILES string of the molecule is O=C(NCC(=O)N(c1cccc(F)c1)[C@@H](C(=O)NC1CCCC1)c1ccccc1)c1ccco1. The average molecular weight is 464 g/mol. The third-order valence-electron chi connectivity index (χ3n) is 5.82. The van der Waals surface area contributed by atoms with Crippen LogP contribution < -0.4 is 15.5 Å². The van der Waals surface area contributed by atoms with Crippen molar-refractivity contribution in [3.8, 4) is 0 Å². The van der Waals surface area contributed by atoms with Crippen molar-refractivity contribution in [1.29, 1.82) is 0 Å². The molecule has 176 valence electrons. The quantitative estimate of drug-likeness (QED) is 0.529. The van der Waals surface area contributed by atoms with Crippen LogP contribution in [-0.4, -0.2) is 30.3 Å². The molecule has 3 amide bonds. The van der Waals surface area contributed by atoms with Gasteiger partial charge in [-0.25, -0.2) is 4.39 Å². The molecule has 8 heteroatoms. The van der Waals surface area contributed by atoms with Gasteiger partial charge in [0.25, 0.3) is 5.91 Å². The second kappa shape index (κ2) is 10.8. The minimum Gasteiger partial charge on any atom is -0.459 e. The van der Waals surface area contributed by atoms with Crippen molar-refractivity contribution in [3.63, 3.8) is 0 Å². The van der Waals surface area contributed by atoms with Crippen LogP contribution in [0.1, 0.15) is 47.8 Å². The molecule has 0 spiro atoms. The van der Waals surface area contributed by atoms with Crippen molar-refractivity contribution >= 4 is 23.4 Å². The summed E-state index contributed by atoms with van der Waals surface area (Å²) in [6.07, 6.45) is 5.17. The number of furan rings is 1. The first-order chi connectivity index (χ1) is 16.5. The number of benzene rings is 2. The second-order valence-electron chi connectivity index (χ2n) is 8.21. The van der Waals surface area contributed by atoms with Gasteiger partial charge in [-0.15, -0.1) is 0 Å². The zero-order valence-corrected chi connectivity index (χ0v) is 18.6. The standard InChI is InChI=1S/C26H26FN3O4/c27-19-10-6-13-21(16-19)30(23(31)17-28-25(32)22-14-7-15-34-22)24(18-8-2-1-3-9-18)26(33)29-20-11-4-5-12-20/h1-3,6-10,13-16,20,24H,4-5,11-12,17H2,(H,28,32)(H,29,33)/t24-/m1/s1. The first kappa shape index (κ1) is 23.2. The largest absolute Gasteiger partial charge is 0.459 e. The Balaban J connectivity index is 1.66. The Labute approximate surface area is 196 Å². The molecule has 1 atom stereocenters. The summed E-state index contributed by atoms with van der Waals surface area (Å²) < 4.78 is 19.2. The number of nitrogens with one attached hydrogen (secondary N) is 2. The lowest BCUT2D eigenvalue weighted by molar-refractivity contribution is -0.126. The van der Waals surface area contributed by atoms with Gasteiger partial charge in [0.05, 0.1) is 12.8 Å². The van der Waals surface area contributed by atoms with E-state index < -0.39 is 30.2 Å². The predicted octanol–water partition coefficient (Wildman–Crippen LogP) is 3.98. The number of carbonyl (C=O) groups is 3. The Bertz CT molecular complexity index is 1130. The molecule has 7 nitrogen and oxygen atoms in total. The Morgan fingerprint density at radius 3 is 2.44 bits per heavy atom. The van der Waals surface area contributed by atoms with Crippen LogP contribution in [0.25, 0.3) is 0 Å². The Morgan fingerprint density at radius 2 is 1.76 bits per heavy atom. The van der Waals surface area contributed by atoms with E-state index in [2.05, 4.69) is 10.6 Å². The van der Waals surface area contributed by atoms with Crippen molar-refractivity contribution in [1.82, 2.24) is 10.6 Å². The van der Waals surface area contributed by atoms with Crippen LogP contribution in [0.4, 0.5) is 10.1 Å². The molecule has 1 heterocycles. The molecule has 0 aliphatic heterocycles. The van der Waals surface area contributed by atoms with Crippen LogP contribution in [0, 0.1) is 5.82 Å². The lowest BCUT2D eigenvalue weighted by Gasteiger charge is -2.32.